The molecule has 0 saturated carbocycles. The average Bonchev–Trinajstić information content (AvgIpc) is 2.96. The molecule has 0 aliphatic rings. The summed E-state index contributed by atoms with van der Waals surface area (Å²) in [7, 11) is -1.94. The predicted octanol–water partition coefficient (Wildman–Crippen LogP) is 4.98. The lowest BCUT2D eigenvalue weighted by Gasteiger charge is -2.37. The maximum Gasteiger partial charge on any atom is 0.356 e. The van der Waals surface area contributed by atoms with Gasteiger partial charge in [-0.05, 0) is 37.5 Å². The molecule has 1 atom stereocenters. The van der Waals surface area contributed by atoms with Gasteiger partial charge in [0.25, 0.3) is 0 Å². The highest BCUT2D eigenvalue weighted by atomic mass is 28.4. The van der Waals surface area contributed by atoms with Crippen LogP contribution in [0.1, 0.15) is 55.5 Å². The minimum Gasteiger partial charge on any atom is -0.461 e. The Kier molecular flexibility index (Phi) is 6.65. The Morgan fingerprint density at radius 3 is 2.41 bits per heavy atom. The van der Waals surface area contributed by atoms with E-state index in [9.17, 15) is 4.79 Å². The van der Waals surface area contributed by atoms with Crippen LogP contribution in [0.25, 0.3) is 0 Å². The van der Waals surface area contributed by atoms with Gasteiger partial charge in [-0.1, -0.05) is 51.1 Å². The molecule has 2 rings (SSSR count). The van der Waals surface area contributed by atoms with Gasteiger partial charge in [-0.2, -0.15) is 0 Å². The molecule has 0 aliphatic carbocycles. The van der Waals surface area contributed by atoms with Gasteiger partial charge < -0.3 is 13.7 Å². The standard InChI is InChI=1S/C21H32N2O3Si/c1-8-25-20(24)19-16(2)22-15-23(19)18(17-12-10-9-11-13-17)14-26-27(6,7)21(3,4)5/h9-13,15,18H,8,14H2,1-7H3. The fourth-order valence-corrected chi connectivity index (χ4v) is 3.67. The van der Waals surface area contributed by atoms with Gasteiger partial charge >= 0.3 is 5.97 Å². The number of imidazole rings is 1. The van der Waals surface area contributed by atoms with Crippen molar-refractivity contribution in [3.8, 4) is 0 Å². The summed E-state index contributed by atoms with van der Waals surface area (Å²) in [5.74, 6) is -0.347. The summed E-state index contributed by atoms with van der Waals surface area (Å²) in [5.41, 5.74) is 2.24. The zero-order valence-corrected chi connectivity index (χ0v) is 18.6. The highest BCUT2D eigenvalue weighted by molar-refractivity contribution is 6.74. The summed E-state index contributed by atoms with van der Waals surface area (Å²) < 4.78 is 13.7. The van der Waals surface area contributed by atoms with Gasteiger partial charge in [-0.25, -0.2) is 9.78 Å². The molecule has 1 aromatic carbocycles. The van der Waals surface area contributed by atoms with Crippen LogP contribution in [-0.2, 0) is 9.16 Å². The van der Waals surface area contributed by atoms with Crippen molar-refractivity contribution in [2.75, 3.05) is 13.2 Å². The van der Waals surface area contributed by atoms with Crippen LogP contribution in [0, 0.1) is 6.92 Å². The third-order valence-electron chi connectivity index (χ3n) is 5.37. The maximum atomic E-state index is 12.5. The summed E-state index contributed by atoms with van der Waals surface area (Å²) in [4.78, 5) is 16.9. The molecule has 148 valence electrons. The molecule has 0 radical (unpaired) electrons. The van der Waals surface area contributed by atoms with Gasteiger partial charge in [0.2, 0.25) is 0 Å². The van der Waals surface area contributed by atoms with Crippen LogP contribution in [0.3, 0.4) is 0 Å². The van der Waals surface area contributed by atoms with Crippen LogP contribution in [0.15, 0.2) is 36.7 Å². The van der Waals surface area contributed by atoms with Crippen molar-refractivity contribution in [3.05, 3.63) is 53.6 Å². The van der Waals surface area contributed by atoms with E-state index in [1.807, 2.05) is 36.6 Å². The van der Waals surface area contributed by atoms with Crippen LogP contribution in [-0.4, -0.2) is 37.1 Å². The normalized spacial score (nSPS) is 13.4. The van der Waals surface area contributed by atoms with E-state index >= 15 is 0 Å². The van der Waals surface area contributed by atoms with Crippen molar-refractivity contribution >= 4 is 14.3 Å². The van der Waals surface area contributed by atoms with E-state index < -0.39 is 8.32 Å². The van der Waals surface area contributed by atoms with Crippen LogP contribution < -0.4 is 0 Å². The Labute approximate surface area is 163 Å². The first kappa shape index (κ1) is 21.4. The minimum atomic E-state index is -1.94. The molecule has 0 N–H and O–H groups in total. The summed E-state index contributed by atoms with van der Waals surface area (Å²) in [6, 6.07) is 9.97. The molecule has 6 heteroatoms. The fraction of sp³-hybridized carbons (Fsp3) is 0.524. The largest absolute Gasteiger partial charge is 0.461 e. The quantitative estimate of drug-likeness (QED) is 0.496. The SMILES string of the molecule is CCOC(=O)c1c(C)ncn1C(CO[Si](C)(C)C(C)(C)C)c1ccccc1. The number of esters is 1. The number of carbonyl (C=O) groups excluding carboxylic acids is 1. The first-order chi connectivity index (χ1) is 12.6. The minimum absolute atomic E-state index is 0.114. The molecular weight excluding hydrogens is 356 g/mol. The van der Waals surface area contributed by atoms with Gasteiger partial charge in [-0.3, -0.25) is 0 Å². The molecule has 27 heavy (non-hydrogen) atoms. The van der Waals surface area contributed by atoms with E-state index in [1.54, 1.807) is 6.33 Å². The number of benzene rings is 1. The summed E-state index contributed by atoms with van der Waals surface area (Å²) >= 11 is 0. The van der Waals surface area contributed by atoms with Gasteiger partial charge in [0.15, 0.2) is 14.0 Å². The van der Waals surface area contributed by atoms with Crippen molar-refractivity contribution in [2.24, 2.45) is 0 Å². The number of carbonyl (C=O) groups is 1. The van der Waals surface area contributed by atoms with E-state index in [4.69, 9.17) is 9.16 Å². The second-order valence-electron chi connectivity index (χ2n) is 8.30. The summed E-state index contributed by atoms with van der Waals surface area (Å²) in [6.45, 7) is 15.6. The van der Waals surface area contributed by atoms with Crippen LogP contribution in [0.2, 0.25) is 18.1 Å². The Balaban J connectivity index is 2.43. The molecule has 0 saturated heterocycles. The third-order valence-corrected chi connectivity index (χ3v) is 9.87. The second-order valence-corrected chi connectivity index (χ2v) is 13.1. The zero-order chi connectivity index (χ0) is 20.2. The fourth-order valence-electron chi connectivity index (χ4n) is 2.66. The molecule has 0 aliphatic heterocycles. The van der Waals surface area contributed by atoms with Crippen LogP contribution >= 0.6 is 0 Å². The summed E-state index contributed by atoms with van der Waals surface area (Å²) in [5, 5.41) is 0.114. The van der Waals surface area contributed by atoms with Gasteiger partial charge in [0.1, 0.15) is 0 Å². The Morgan fingerprint density at radius 2 is 1.85 bits per heavy atom. The molecule has 5 nitrogen and oxygen atoms in total. The Bertz CT molecular complexity index is 763. The smallest absolute Gasteiger partial charge is 0.356 e. The summed E-state index contributed by atoms with van der Waals surface area (Å²) in [6.07, 6.45) is 1.72. The van der Waals surface area contributed by atoms with Gasteiger partial charge in [0.05, 0.1) is 31.3 Å². The molecular formula is C21H32N2O3Si. The van der Waals surface area contributed by atoms with Crippen molar-refractivity contribution in [1.82, 2.24) is 9.55 Å². The lowest BCUT2D eigenvalue weighted by molar-refractivity contribution is 0.0509. The van der Waals surface area contributed by atoms with Gasteiger partial charge in [-0.15, -0.1) is 0 Å². The highest BCUT2D eigenvalue weighted by Crippen LogP contribution is 2.37. The molecule has 0 spiro atoms. The number of hydrogen-bond acceptors (Lipinski definition) is 4. The zero-order valence-electron chi connectivity index (χ0n) is 17.6. The Morgan fingerprint density at radius 1 is 1.22 bits per heavy atom. The topological polar surface area (TPSA) is 53.3 Å². The first-order valence-corrected chi connectivity index (χ1v) is 12.4. The number of aromatic nitrogens is 2. The molecule has 0 amide bonds. The molecule has 0 bridgehead atoms. The molecule has 0 fully saturated rings. The highest BCUT2D eigenvalue weighted by Gasteiger charge is 2.38. The molecule has 2 aromatic rings. The third kappa shape index (κ3) is 4.87. The van der Waals surface area contributed by atoms with E-state index in [0.717, 1.165) is 5.56 Å². The van der Waals surface area contributed by atoms with Crippen LogP contribution in [0.4, 0.5) is 0 Å². The predicted molar refractivity (Wildman–Crippen MR) is 111 cm³/mol. The first-order valence-electron chi connectivity index (χ1n) is 9.48. The number of nitrogens with zero attached hydrogens (tertiary/aromatic N) is 2. The van der Waals surface area contributed by atoms with Crippen molar-refractivity contribution in [2.45, 2.75) is 58.8 Å². The van der Waals surface area contributed by atoms with Gasteiger partial charge in [0, 0.05) is 0 Å². The number of hydrogen-bond donors (Lipinski definition) is 0. The maximum absolute atomic E-state index is 12.5. The van der Waals surface area contributed by atoms with E-state index in [1.165, 1.54) is 0 Å². The average molecular weight is 389 g/mol. The van der Waals surface area contributed by atoms with Crippen molar-refractivity contribution in [3.63, 3.8) is 0 Å². The van der Waals surface area contributed by atoms with E-state index in [2.05, 4.69) is 51.0 Å². The van der Waals surface area contributed by atoms with E-state index in [-0.39, 0.29) is 17.0 Å². The number of ether oxygens (including phenoxy) is 1. The lowest BCUT2D eigenvalue weighted by Crippen LogP contribution is -2.42. The second kappa shape index (κ2) is 8.40. The lowest BCUT2D eigenvalue weighted by atomic mass is 10.1. The van der Waals surface area contributed by atoms with Crippen molar-refractivity contribution in [1.29, 1.82) is 0 Å². The van der Waals surface area contributed by atoms with E-state index in [0.29, 0.717) is 24.6 Å². The van der Waals surface area contributed by atoms with Crippen LogP contribution in [0.5, 0.6) is 0 Å². The monoisotopic (exact) mass is 388 g/mol. The molecule has 1 aromatic heterocycles. The molecule has 1 heterocycles. The van der Waals surface area contributed by atoms with Crippen molar-refractivity contribution < 1.29 is 14.0 Å². The number of rotatable bonds is 7. The number of aryl methyl sites for hydroxylation is 1. The Hall–Kier alpha value is -1.92. The molecule has 1 unspecified atom stereocenters.